The molecule has 2 heterocycles. The highest BCUT2D eigenvalue weighted by Crippen LogP contribution is 2.25. The molecule has 0 spiro atoms. The van der Waals surface area contributed by atoms with Gasteiger partial charge in [0.2, 0.25) is 0 Å². The Morgan fingerprint density at radius 1 is 1.42 bits per heavy atom. The Bertz CT molecular complexity index is 559. The maximum atomic E-state index is 5.31. The van der Waals surface area contributed by atoms with Crippen LogP contribution in [0, 0.1) is 0 Å². The van der Waals surface area contributed by atoms with Crippen molar-refractivity contribution in [2.75, 3.05) is 20.2 Å². The van der Waals surface area contributed by atoms with Crippen LogP contribution < -0.4 is 4.74 Å². The van der Waals surface area contributed by atoms with Gasteiger partial charge in [0, 0.05) is 29.7 Å². The van der Waals surface area contributed by atoms with E-state index in [1.54, 1.807) is 7.11 Å². The van der Waals surface area contributed by atoms with Gasteiger partial charge in [0.1, 0.15) is 5.75 Å². The number of fused-ring (bicyclic) bond motifs is 1. The summed E-state index contributed by atoms with van der Waals surface area (Å²) in [5.74, 6) is 0.934. The monoisotopic (exact) mass is 258 g/mol. The van der Waals surface area contributed by atoms with Crippen LogP contribution in [-0.4, -0.2) is 36.1 Å². The summed E-state index contributed by atoms with van der Waals surface area (Å²) < 4.78 is 5.31. The number of likely N-dealkylation sites (tertiary alicyclic amines) is 1. The molecule has 3 rings (SSSR count). The Kier molecular flexibility index (Phi) is 3.47. The average molecular weight is 258 g/mol. The zero-order valence-electron chi connectivity index (χ0n) is 11.8. The van der Waals surface area contributed by atoms with Gasteiger partial charge in [0.25, 0.3) is 0 Å². The summed E-state index contributed by atoms with van der Waals surface area (Å²) in [4.78, 5) is 5.95. The number of nitrogens with zero attached hydrogens (tertiary/aromatic N) is 1. The molecule has 0 bridgehead atoms. The molecule has 3 nitrogen and oxygen atoms in total. The molecule has 1 saturated heterocycles. The number of nitrogens with one attached hydrogen (secondary N) is 1. The third-order valence-electron chi connectivity index (χ3n) is 4.38. The molecule has 0 amide bonds. The number of ether oxygens (including phenoxy) is 1. The smallest absolute Gasteiger partial charge is 0.119 e. The lowest BCUT2D eigenvalue weighted by molar-refractivity contribution is 0.0894. The number of methoxy groups -OCH3 is 1. The van der Waals surface area contributed by atoms with Gasteiger partial charge in [0.15, 0.2) is 0 Å². The Hall–Kier alpha value is -1.48. The Morgan fingerprint density at radius 2 is 2.32 bits per heavy atom. The highest BCUT2D eigenvalue weighted by Gasteiger charge is 2.25. The number of benzene rings is 1. The zero-order valence-corrected chi connectivity index (χ0v) is 11.8. The molecule has 0 radical (unpaired) electrons. The fourth-order valence-electron chi connectivity index (χ4n) is 3.01. The predicted octanol–water partition coefficient (Wildman–Crippen LogP) is 3.20. The second-order valence-corrected chi connectivity index (χ2v) is 5.36. The largest absolute Gasteiger partial charge is 0.497 e. The maximum Gasteiger partial charge on any atom is 0.119 e. The van der Waals surface area contributed by atoms with E-state index in [2.05, 4.69) is 35.1 Å². The summed E-state index contributed by atoms with van der Waals surface area (Å²) in [6.45, 7) is 4.72. The van der Waals surface area contributed by atoms with Crippen molar-refractivity contribution in [1.29, 1.82) is 0 Å². The fraction of sp³-hybridized carbons (Fsp3) is 0.500. The highest BCUT2D eigenvalue weighted by molar-refractivity contribution is 5.84. The van der Waals surface area contributed by atoms with Crippen LogP contribution in [0.25, 0.3) is 10.9 Å². The first-order chi connectivity index (χ1) is 9.31. The fourth-order valence-corrected chi connectivity index (χ4v) is 3.01. The third kappa shape index (κ3) is 2.35. The van der Waals surface area contributed by atoms with Gasteiger partial charge in [-0.15, -0.1) is 0 Å². The van der Waals surface area contributed by atoms with E-state index in [1.807, 2.05) is 6.07 Å². The predicted molar refractivity (Wildman–Crippen MR) is 78.8 cm³/mol. The molecule has 0 aliphatic carbocycles. The first kappa shape index (κ1) is 12.5. The number of rotatable bonds is 5. The van der Waals surface area contributed by atoms with E-state index < -0.39 is 0 Å². The average Bonchev–Trinajstić information content (AvgIpc) is 2.81. The lowest BCUT2D eigenvalue weighted by Gasteiger charge is -2.40. The molecule has 1 fully saturated rings. The third-order valence-corrected chi connectivity index (χ3v) is 4.38. The summed E-state index contributed by atoms with van der Waals surface area (Å²) in [7, 11) is 1.72. The molecule has 1 atom stereocenters. The number of hydrogen-bond acceptors (Lipinski definition) is 2. The van der Waals surface area contributed by atoms with Crippen LogP contribution in [0.5, 0.6) is 5.75 Å². The molecular weight excluding hydrogens is 236 g/mol. The van der Waals surface area contributed by atoms with Gasteiger partial charge in [-0.2, -0.15) is 0 Å². The van der Waals surface area contributed by atoms with Gasteiger partial charge >= 0.3 is 0 Å². The molecule has 0 saturated carbocycles. The number of H-pyrrole nitrogens is 1. The summed E-state index contributed by atoms with van der Waals surface area (Å²) in [6, 6.07) is 7.05. The van der Waals surface area contributed by atoms with Gasteiger partial charge in [0.05, 0.1) is 7.11 Å². The molecular formula is C16H22N2O. The van der Waals surface area contributed by atoms with Crippen LogP contribution in [0.4, 0.5) is 0 Å². The molecule has 3 heteroatoms. The van der Waals surface area contributed by atoms with Crippen molar-refractivity contribution in [3.05, 3.63) is 30.0 Å². The van der Waals surface area contributed by atoms with E-state index in [-0.39, 0.29) is 0 Å². The molecule has 2 aromatic rings. The molecule has 1 aromatic heterocycles. The summed E-state index contributed by atoms with van der Waals surface area (Å²) in [5, 5.41) is 1.30. The quantitative estimate of drug-likeness (QED) is 0.892. The Labute approximate surface area is 114 Å². The first-order valence-corrected chi connectivity index (χ1v) is 7.20. The Balaban J connectivity index is 1.73. The molecule has 19 heavy (non-hydrogen) atoms. The maximum absolute atomic E-state index is 5.31. The lowest BCUT2D eigenvalue weighted by Crippen LogP contribution is -2.47. The van der Waals surface area contributed by atoms with Crippen molar-refractivity contribution in [3.8, 4) is 5.75 Å². The van der Waals surface area contributed by atoms with Crippen molar-refractivity contribution in [2.24, 2.45) is 0 Å². The molecule has 1 unspecified atom stereocenters. The molecule has 1 aliphatic heterocycles. The van der Waals surface area contributed by atoms with Crippen LogP contribution in [0.3, 0.4) is 0 Å². The van der Waals surface area contributed by atoms with Crippen molar-refractivity contribution in [2.45, 2.75) is 32.2 Å². The molecule has 102 valence electrons. The van der Waals surface area contributed by atoms with E-state index in [0.29, 0.717) is 0 Å². The van der Waals surface area contributed by atoms with E-state index in [0.717, 1.165) is 18.2 Å². The van der Waals surface area contributed by atoms with Gasteiger partial charge in [-0.1, -0.05) is 6.92 Å². The van der Waals surface area contributed by atoms with Crippen LogP contribution in [0.1, 0.15) is 25.3 Å². The molecule has 1 aliphatic rings. The lowest BCUT2D eigenvalue weighted by atomic mass is 9.99. The van der Waals surface area contributed by atoms with E-state index in [1.165, 1.54) is 42.4 Å². The van der Waals surface area contributed by atoms with Crippen LogP contribution in [-0.2, 0) is 6.42 Å². The minimum atomic E-state index is 0.819. The minimum Gasteiger partial charge on any atom is -0.497 e. The zero-order chi connectivity index (χ0) is 13.2. The van der Waals surface area contributed by atoms with Crippen LogP contribution in [0.2, 0.25) is 0 Å². The number of hydrogen-bond donors (Lipinski definition) is 1. The van der Waals surface area contributed by atoms with Crippen LogP contribution >= 0.6 is 0 Å². The highest BCUT2D eigenvalue weighted by atomic mass is 16.5. The molecule has 1 N–H and O–H groups in total. The van der Waals surface area contributed by atoms with Crippen molar-refractivity contribution >= 4 is 10.9 Å². The SMILES string of the molecule is CCC1CCN1CCc1c[nH]c2ccc(OC)cc12. The second kappa shape index (κ2) is 5.25. The van der Waals surface area contributed by atoms with Gasteiger partial charge in [-0.05, 0) is 49.6 Å². The molecule has 1 aromatic carbocycles. The van der Waals surface area contributed by atoms with Crippen molar-refractivity contribution in [1.82, 2.24) is 9.88 Å². The minimum absolute atomic E-state index is 0.819. The summed E-state index contributed by atoms with van der Waals surface area (Å²) in [5.41, 5.74) is 2.60. The summed E-state index contributed by atoms with van der Waals surface area (Å²) >= 11 is 0. The van der Waals surface area contributed by atoms with Crippen LogP contribution in [0.15, 0.2) is 24.4 Å². The van der Waals surface area contributed by atoms with E-state index in [4.69, 9.17) is 4.74 Å². The standard InChI is InChI=1S/C16H22N2O/c1-3-13-7-9-18(13)8-6-12-11-17-16-5-4-14(19-2)10-15(12)16/h4-5,10-11,13,17H,3,6-9H2,1-2H3. The van der Waals surface area contributed by atoms with Crippen molar-refractivity contribution < 1.29 is 4.74 Å². The van der Waals surface area contributed by atoms with Gasteiger partial charge < -0.3 is 9.72 Å². The van der Waals surface area contributed by atoms with Crippen molar-refractivity contribution in [3.63, 3.8) is 0 Å². The second-order valence-electron chi connectivity index (χ2n) is 5.36. The Morgan fingerprint density at radius 3 is 3.00 bits per heavy atom. The van der Waals surface area contributed by atoms with E-state index >= 15 is 0 Å². The van der Waals surface area contributed by atoms with E-state index in [9.17, 15) is 0 Å². The number of aromatic amines is 1. The number of aromatic nitrogens is 1. The summed E-state index contributed by atoms with van der Waals surface area (Å²) in [6.07, 6.45) is 5.91. The van der Waals surface area contributed by atoms with Gasteiger partial charge in [-0.3, -0.25) is 4.90 Å². The normalized spacial score (nSPS) is 19.6. The first-order valence-electron chi connectivity index (χ1n) is 7.20. The topological polar surface area (TPSA) is 28.3 Å². The van der Waals surface area contributed by atoms with Gasteiger partial charge in [-0.25, -0.2) is 0 Å².